The molecule has 0 aliphatic heterocycles. The minimum Gasteiger partial charge on any atom is -0.363 e. The third-order valence-electron chi connectivity index (χ3n) is 2.92. The van der Waals surface area contributed by atoms with Crippen LogP contribution in [0.5, 0.6) is 0 Å². The topological polar surface area (TPSA) is 68.7 Å². The van der Waals surface area contributed by atoms with E-state index in [1.807, 2.05) is 0 Å². The smallest absolute Gasteiger partial charge is 0.333 e. The van der Waals surface area contributed by atoms with E-state index in [9.17, 15) is 9.67 Å². The fourth-order valence-electron chi connectivity index (χ4n) is 1.76. The molecular weight excluding hydrogens is 380 g/mol. The van der Waals surface area contributed by atoms with E-state index in [0.29, 0.717) is 15.1 Å². The Hall–Kier alpha value is -0.460. The Morgan fingerprint density at radius 1 is 1.35 bits per heavy atom. The van der Waals surface area contributed by atoms with Crippen LogP contribution in [0.2, 0.25) is 10.0 Å². The van der Waals surface area contributed by atoms with Crippen molar-refractivity contribution in [2.24, 2.45) is 0 Å². The number of halogens is 2. The second-order valence-corrected chi connectivity index (χ2v) is 8.50. The molecule has 2 aromatic rings. The summed E-state index contributed by atoms with van der Waals surface area (Å²) in [6.45, 7) is 3.62. The summed E-state index contributed by atoms with van der Waals surface area (Å²) >= 11 is 13.2. The molecule has 0 fully saturated rings. The van der Waals surface area contributed by atoms with Crippen LogP contribution < -0.4 is 0 Å². The van der Waals surface area contributed by atoms with E-state index in [1.165, 1.54) is 11.3 Å². The van der Waals surface area contributed by atoms with Crippen LogP contribution in [0.25, 0.3) is 10.6 Å². The van der Waals surface area contributed by atoms with Crippen molar-refractivity contribution in [3.05, 3.63) is 39.3 Å². The molecule has 9 heteroatoms. The van der Waals surface area contributed by atoms with Gasteiger partial charge in [0.25, 0.3) is 0 Å². The lowest BCUT2D eigenvalue weighted by molar-refractivity contribution is -0.0330. The van der Waals surface area contributed by atoms with Crippen molar-refractivity contribution >= 4 is 42.1 Å². The Balaban J connectivity index is 2.18. The van der Waals surface area contributed by atoms with Gasteiger partial charge >= 0.3 is 7.60 Å². The first-order chi connectivity index (χ1) is 10.9. The molecule has 1 aromatic heterocycles. The Kier molecular flexibility index (Phi) is 6.63. The molecule has 126 valence electrons. The molecule has 2 atom stereocenters. The zero-order valence-corrected chi connectivity index (χ0v) is 15.8. The van der Waals surface area contributed by atoms with E-state index in [4.69, 9.17) is 32.2 Å². The normalized spacial score (nSPS) is 15.3. The zero-order valence-electron chi connectivity index (χ0n) is 12.5. The SMILES string of the molecule is CCOP(=O)(CC)OC(O)c1csc(-c2ccc(Cl)c(Cl)c2)n1. The molecule has 1 heterocycles. The van der Waals surface area contributed by atoms with Gasteiger partial charge in [-0.1, -0.05) is 36.2 Å². The van der Waals surface area contributed by atoms with Crippen LogP contribution in [0.1, 0.15) is 25.8 Å². The van der Waals surface area contributed by atoms with Gasteiger partial charge in [0.15, 0.2) is 0 Å². The van der Waals surface area contributed by atoms with Crippen molar-refractivity contribution < 1.29 is 18.7 Å². The highest BCUT2D eigenvalue weighted by Gasteiger charge is 2.27. The Morgan fingerprint density at radius 3 is 2.70 bits per heavy atom. The van der Waals surface area contributed by atoms with Gasteiger partial charge in [-0.15, -0.1) is 11.3 Å². The van der Waals surface area contributed by atoms with Crippen molar-refractivity contribution in [3.63, 3.8) is 0 Å². The number of aliphatic hydroxyl groups excluding tert-OH is 1. The maximum Gasteiger partial charge on any atom is 0.333 e. The second-order valence-electron chi connectivity index (χ2n) is 4.51. The van der Waals surface area contributed by atoms with E-state index in [1.54, 1.807) is 37.4 Å². The molecule has 0 spiro atoms. The van der Waals surface area contributed by atoms with Gasteiger partial charge in [0.1, 0.15) is 10.7 Å². The number of thiazole rings is 1. The monoisotopic (exact) mass is 395 g/mol. The number of hydrogen-bond donors (Lipinski definition) is 1. The summed E-state index contributed by atoms with van der Waals surface area (Å²) in [6, 6.07) is 5.14. The van der Waals surface area contributed by atoms with Crippen LogP contribution in [0.4, 0.5) is 0 Å². The lowest BCUT2D eigenvalue weighted by atomic mass is 10.2. The van der Waals surface area contributed by atoms with E-state index in [2.05, 4.69) is 4.98 Å². The average Bonchev–Trinajstić information content (AvgIpc) is 3.00. The van der Waals surface area contributed by atoms with Gasteiger partial charge in [0.05, 0.1) is 16.7 Å². The molecule has 0 saturated carbocycles. The fourth-order valence-corrected chi connectivity index (χ4v) is 4.08. The highest BCUT2D eigenvalue weighted by molar-refractivity contribution is 7.53. The lowest BCUT2D eigenvalue weighted by Gasteiger charge is -2.18. The molecule has 0 saturated heterocycles. The van der Waals surface area contributed by atoms with E-state index >= 15 is 0 Å². The third-order valence-corrected chi connectivity index (χ3v) is 6.51. The maximum atomic E-state index is 12.3. The van der Waals surface area contributed by atoms with Gasteiger partial charge in [0, 0.05) is 17.1 Å². The van der Waals surface area contributed by atoms with Crippen LogP contribution >= 0.6 is 42.1 Å². The summed E-state index contributed by atoms with van der Waals surface area (Å²) in [6.07, 6.45) is -1.25. The largest absolute Gasteiger partial charge is 0.363 e. The number of nitrogens with zero attached hydrogens (tertiary/aromatic N) is 1. The van der Waals surface area contributed by atoms with E-state index in [0.717, 1.165) is 5.56 Å². The minimum atomic E-state index is -3.32. The Morgan fingerprint density at radius 2 is 2.09 bits per heavy atom. The van der Waals surface area contributed by atoms with E-state index in [-0.39, 0.29) is 18.5 Å². The van der Waals surface area contributed by atoms with Gasteiger partial charge in [-0.3, -0.25) is 9.09 Å². The first-order valence-electron chi connectivity index (χ1n) is 6.89. The van der Waals surface area contributed by atoms with Crippen molar-refractivity contribution in [2.75, 3.05) is 12.8 Å². The van der Waals surface area contributed by atoms with Crippen LogP contribution in [0, 0.1) is 0 Å². The number of aliphatic hydroxyl groups is 1. The predicted octanol–water partition coefficient (Wildman–Crippen LogP) is 5.37. The summed E-state index contributed by atoms with van der Waals surface area (Å²) in [5.41, 5.74) is 1.04. The molecule has 0 aliphatic carbocycles. The van der Waals surface area contributed by atoms with Crippen molar-refractivity contribution in [1.82, 2.24) is 4.98 Å². The van der Waals surface area contributed by atoms with E-state index < -0.39 is 13.9 Å². The minimum absolute atomic E-state index is 0.168. The maximum absolute atomic E-state index is 12.3. The number of benzene rings is 1. The molecule has 2 rings (SSSR count). The quantitative estimate of drug-likeness (QED) is 0.503. The highest BCUT2D eigenvalue weighted by atomic mass is 35.5. The molecule has 0 amide bonds. The first kappa shape index (κ1) is 18.9. The molecule has 1 N–H and O–H groups in total. The van der Waals surface area contributed by atoms with Gasteiger partial charge in [-0.25, -0.2) is 4.98 Å². The summed E-state index contributed by atoms with van der Waals surface area (Å²) < 4.78 is 22.6. The molecular formula is C14H16Cl2NO4PS. The Labute approximate surface area is 148 Å². The van der Waals surface area contributed by atoms with Crippen LogP contribution in [0.15, 0.2) is 23.6 Å². The highest BCUT2D eigenvalue weighted by Crippen LogP contribution is 2.51. The fraction of sp³-hybridized carbons (Fsp3) is 0.357. The van der Waals surface area contributed by atoms with Crippen molar-refractivity contribution in [3.8, 4) is 10.6 Å². The zero-order chi connectivity index (χ0) is 17.0. The molecule has 1 aromatic carbocycles. The van der Waals surface area contributed by atoms with Crippen LogP contribution in [-0.4, -0.2) is 22.9 Å². The van der Waals surface area contributed by atoms with Crippen molar-refractivity contribution in [1.29, 1.82) is 0 Å². The van der Waals surface area contributed by atoms with Crippen LogP contribution in [-0.2, 0) is 13.6 Å². The molecule has 0 radical (unpaired) electrons. The molecule has 0 aliphatic rings. The third kappa shape index (κ3) is 4.77. The summed E-state index contributed by atoms with van der Waals surface area (Å²) in [7, 11) is -3.32. The van der Waals surface area contributed by atoms with Gasteiger partial charge in [-0.05, 0) is 19.1 Å². The molecule has 2 unspecified atom stereocenters. The Bertz CT molecular complexity index is 725. The average molecular weight is 396 g/mol. The summed E-state index contributed by atoms with van der Waals surface area (Å²) in [5, 5.41) is 13.2. The number of rotatable bonds is 7. The van der Waals surface area contributed by atoms with Gasteiger partial charge in [0.2, 0.25) is 6.29 Å². The molecule has 23 heavy (non-hydrogen) atoms. The van der Waals surface area contributed by atoms with Crippen LogP contribution in [0.3, 0.4) is 0 Å². The predicted molar refractivity (Wildman–Crippen MR) is 93.4 cm³/mol. The second kappa shape index (κ2) is 8.08. The van der Waals surface area contributed by atoms with Gasteiger partial charge < -0.3 is 9.63 Å². The number of hydrogen-bond acceptors (Lipinski definition) is 6. The number of aromatic nitrogens is 1. The van der Waals surface area contributed by atoms with Gasteiger partial charge in [-0.2, -0.15) is 0 Å². The van der Waals surface area contributed by atoms with Crippen molar-refractivity contribution in [2.45, 2.75) is 20.1 Å². The molecule has 5 nitrogen and oxygen atoms in total. The summed E-state index contributed by atoms with van der Waals surface area (Å²) in [5.74, 6) is 0. The summed E-state index contributed by atoms with van der Waals surface area (Å²) in [4.78, 5) is 4.29. The standard InChI is InChI=1S/C14H16Cl2NO4PS/c1-3-20-22(19,4-2)21-14(18)12-8-23-13(17-12)9-5-6-10(15)11(16)7-9/h5-8,14,18H,3-4H2,1-2H3. The molecule has 0 bridgehead atoms. The lowest BCUT2D eigenvalue weighted by Crippen LogP contribution is -2.05. The first-order valence-corrected chi connectivity index (χ1v) is 10.3.